The van der Waals surface area contributed by atoms with Gasteiger partial charge in [-0.25, -0.2) is 4.98 Å². The Balaban J connectivity index is 1.38. The van der Waals surface area contributed by atoms with Crippen LogP contribution >= 0.6 is 11.6 Å². The van der Waals surface area contributed by atoms with E-state index in [0.717, 1.165) is 12.8 Å². The maximum absolute atomic E-state index is 12.7. The fourth-order valence-corrected chi connectivity index (χ4v) is 3.70. The second-order valence-corrected chi connectivity index (χ2v) is 7.45. The summed E-state index contributed by atoms with van der Waals surface area (Å²) in [6.07, 6.45) is 6.51. The molecule has 29 heavy (non-hydrogen) atoms. The van der Waals surface area contributed by atoms with E-state index in [9.17, 15) is 9.59 Å². The number of likely N-dealkylation sites (tertiary alicyclic amines) is 1. The van der Waals surface area contributed by atoms with Gasteiger partial charge in [0, 0.05) is 38.0 Å². The van der Waals surface area contributed by atoms with Crippen LogP contribution in [-0.4, -0.2) is 44.5 Å². The van der Waals surface area contributed by atoms with Gasteiger partial charge in [0.2, 0.25) is 5.91 Å². The van der Waals surface area contributed by atoms with Gasteiger partial charge >= 0.3 is 0 Å². The number of benzene rings is 1. The molecule has 3 aromatic rings. The van der Waals surface area contributed by atoms with Gasteiger partial charge in [0.1, 0.15) is 16.9 Å². The van der Waals surface area contributed by atoms with E-state index in [0.29, 0.717) is 41.3 Å². The molecule has 1 aliphatic heterocycles. The molecule has 0 spiro atoms. The van der Waals surface area contributed by atoms with Gasteiger partial charge < -0.3 is 9.64 Å². The number of ether oxygens (including phenoxy) is 1. The molecule has 4 rings (SSSR count). The molecule has 150 valence electrons. The van der Waals surface area contributed by atoms with Crippen LogP contribution in [0.5, 0.6) is 5.75 Å². The Bertz CT molecular complexity index is 1080. The number of rotatable bonds is 5. The van der Waals surface area contributed by atoms with Crippen molar-refractivity contribution in [2.45, 2.75) is 31.9 Å². The van der Waals surface area contributed by atoms with Gasteiger partial charge in [-0.1, -0.05) is 23.7 Å². The largest absolute Gasteiger partial charge is 0.487 e. The highest BCUT2D eigenvalue weighted by Crippen LogP contribution is 2.25. The molecule has 1 aliphatic rings. The van der Waals surface area contributed by atoms with Crippen molar-refractivity contribution in [3.05, 3.63) is 64.4 Å². The third-order valence-corrected chi connectivity index (χ3v) is 5.34. The molecule has 0 radical (unpaired) electrons. The highest BCUT2D eigenvalue weighted by Gasteiger charge is 2.25. The first-order chi connectivity index (χ1) is 14.1. The van der Waals surface area contributed by atoms with Gasteiger partial charge in [-0.05, 0) is 25.0 Å². The van der Waals surface area contributed by atoms with Crippen LogP contribution < -0.4 is 10.3 Å². The Morgan fingerprint density at radius 2 is 2.14 bits per heavy atom. The summed E-state index contributed by atoms with van der Waals surface area (Å²) in [6, 6.07) is 8.93. The van der Waals surface area contributed by atoms with E-state index in [1.165, 1.54) is 17.1 Å². The number of halogens is 1. The second kappa shape index (κ2) is 8.61. The van der Waals surface area contributed by atoms with Gasteiger partial charge in [0.05, 0.1) is 23.8 Å². The second-order valence-electron chi connectivity index (χ2n) is 7.04. The van der Waals surface area contributed by atoms with Gasteiger partial charge in [-0.3, -0.25) is 19.1 Å². The van der Waals surface area contributed by atoms with Gasteiger partial charge in [-0.15, -0.1) is 0 Å². The number of carbonyl (C=O) groups excluding carboxylic acids is 1. The Kier molecular flexibility index (Phi) is 5.76. The molecule has 1 saturated heterocycles. The first-order valence-electron chi connectivity index (χ1n) is 9.60. The van der Waals surface area contributed by atoms with E-state index in [4.69, 9.17) is 16.3 Å². The van der Waals surface area contributed by atoms with E-state index in [2.05, 4.69) is 9.97 Å². The van der Waals surface area contributed by atoms with Crippen LogP contribution in [0, 0.1) is 0 Å². The minimum atomic E-state index is -0.129. The number of pyridine rings is 1. The molecule has 7 nitrogen and oxygen atoms in total. The van der Waals surface area contributed by atoms with E-state index in [1.54, 1.807) is 29.3 Å². The zero-order valence-corrected chi connectivity index (χ0v) is 16.6. The predicted molar refractivity (Wildman–Crippen MR) is 110 cm³/mol. The minimum absolute atomic E-state index is 0.000756. The average molecular weight is 413 g/mol. The van der Waals surface area contributed by atoms with E-state index < -0.39 is 0 Å². The molecule has 2 aromatic heterocycles. The first kappa shape index (κ1) is 19.4. The number of hydrogen-bond donors (Lipinski definition) is 0. The number of aryl methyl sites for hydroxylation is 1. The molecule has 0 bridgehead atoms. The lowest BCUT2D eigenvalue weighted by Crippen LogP contribution is -2.44. The molecular weight excluding hydrogens is 392 g/mol. The third kappa shape index (κ3) is 4.40. The number of piperidine rings is 1. The van der Waals surface area contributed by atoms with Crippen molar-refractivity contribution in [2.24, 2.45) is 0 Å². The van der Waals surface area contributed by atoms with E-state index in [-0.39, 0.29) is 24.0 Å². The molecule has 0 aliphatic carbocycles. The number of hydrogen-bond acceptors (Lipinski definition) is 5. The van der Waals surface area contributed by atoms with Crippen molar-refractivity contribution in [1.29, 1.82) is 0 Å². The van der Waals surface area contributed by atoms with Crippen LogP contribution in [0.4, 0.5) is 0 Å². The maximum Gasteiger partial charge on any atom is 0.261 e. The van der Waals surface area contributed by atoms with Gasteiger partial charge in [0.15, 0.2) is 0 Å². The van der Waals surface area contributed by atoms with Crippen molar-refractivity contribution < 1.29 is 9.53 Å². The Morgan fingerprint density at radius 3 is 3.00 bits per heavy atom. The lowest BCUT2D eigenvalue weighted by molar-refractivity contribution is -0.134. The summed E-state index contributed by atoms with van der Waals surface area (Å²) < 4.78 is 7.46. The summed E-state index contributed by atoms with van der Waals surface area (Å²) in [5, 5.41) is 1.02. The monoisotopic (exact) mass is 412 g/mol. The zero-order valence-electron chi connectivity index (χ0n) is 15.8. The Labute approximate surface area is 172 Å². The molecule has 1 amide bonds. The summed E-state index contributed by atoms with van der Waals surface area (Å²) in [6.45, 7) is 1.49. The van der Waals surface area contributed by atoms with Crippen LogP contribution in [-0.2, 0) is 11.3 Å². The van der Waals surface area contributed by atoms with Crippen LogP contribution in [0.2, 0.25) is 5.02 Å². The lowest BCUT2D eigenvalue weighted by atomic mass is 10.1. The van der Waals surface area contributed by atoms with Crippen LogP contribution in [0.3, 0.4) is 0 Å². The fourth-order valence-electron chi connectivity index (χ4n) is 3.54. The molecule has 1 unspecified atom stereocenters. The first-order valence-corrected chi connectivity index (χ1v) is 9.98. The van der Waals surface area contributed by atoms with Crippen LogP contribution in [0.25, 0.3) is 10.9 Å². The molecular formula is C21H21ClN4O3. The van der Waals surface area contributed by atoms with Crippen molar-refractivity contribution in [1.82, 2.24) is 19.4 Å². The van der Waals surface area contributed by atoms with Crippen LogP contribution in [0.1, 0.15) is 19.3 Å². The normalized spacial score (nSPS) is 16.7. The van der Waals surface area contributed by atoms with Gasteiger partial charge in [-0.2, -0.15) is 0 Å². The molecule has 8 heteroatoms. The minimum Gasteiger partial charge on any atom is -0.487 e. The number of amides is 1. The van der Waals surface area contributed by atoms with E-state index in [1.807, 2.05) is 12.1 Å². The number of carbonyl (C=O) groups is 1. The third-order valence-electron chi connectivity index (χ3n) is 5.06. The smallest absolute Gasteiger partial charge is 0.261 e. The number of aromatic nitrogens is 3. The molecule has 0 saturated carbocycles. The highest BCUT2D eigenvalue weighted by atomic mass is 35.5. The van der Waals surface area contributed by atoms with Crippen LogP contribution in [0.15, 0.2) is 53.8 Å². The Morgan fingerprint density at radius 1 is 1.28 bits per heavy atom. The van der Waals surface area contributed by atoms with Crippen molar-refractivity contribution in [2.75, 3.05) is 13.1 Å². The number of para-hydroxylation sites is 1. The standard InChI is InChI=1S/C21H21ClN4O3/c22-17-12-23-9-7-19(17)29-15-4-3-10-25(13-15)20(27)8-11-26-14-24-18-6-2-1-5-16(18)21(26)28/h1-2,5-7,9,12,14-15H,3-4,8,10-11,13H2. The molecule has 0 N–H and O–H groups in total. The summed E-state index contributed by atoms with van der Waals surface area (Å²) >= 11 is 6.11. The summed E-state index contributed by atoms with van der Waals surface area (Å²) in [5.74, 6) is 0.578. The Hall–Kier alpha value is -2.93. The molecule has 1 atom stereocenters. The summed E-state index contributed by atoms with van der Waals surface area (Å²) in [7, 11) is 0. The topological polar surface area (TPSA) is 77.3 Å². The molecule has 3 heterocycles. The zero-order chi connectivity index (χ0) is 20.2. The van der Waals surface area contributed by atoms with Crippen molar-refractivity contribution in [3.8, 4) is 5.75 Å². The fraction of sp³-hybridized carbons (Fsp3) is 0.333. The number of fused-ring (bicyclic) bond motifs is 1. The van der Waals surface area contributed by atoms with E-state index >= 15 is 0 Å². The number of nitrogens with zero attached hydrogens (tertiary/aromatic N) is 4. The average Bonchev–Trinajstić information content (AvgIpc) is 2.75. The van der Waals surface area contributed by atoms with Crippen molar-refractivity contribution in [3.63, 3.8) is 0 Å². The predicted octanol–water partition coefficient (Wildman–Crippen LogP) is 2.91. The SMILES string of the molecule is O=C(CCn1cnc2ccccc2c1=O)N1CCCC(Oc2ccncc2Cl)C1. The molecule has 1 aromatic carbocycles. The lowest BCUT2D eigenvalue weighted by Gasteiger charge is -2.33. The van der Waals surface area contributed by atoms with Crippen molar-refractivity contribution >= 4 is 28.4 Å². The summed E-state index contributed by atoms with van der Waals surface area (Å²) in [5.41, 5.74) is 0.529. The highest BCUT2D eigenvalue weighted by molar-refractivity contribution is 6.31. The van der Waals surface area contributed by atoms with Gasteiger partial charge in [0.25, 0.3) is 5.56 Å². The molecule has 1 fully saturated rings. The maximum atomic E-state index is 12.7. The quantitative estimate of drug-likeness (QED) is 0.644. The summed E-state index contributed by atoms with van der Waals surface area (Å²) in [4.78, 5) is 35.3.